The van der Waals surface area contributed by atoms with Gasteiger partial charge in [0, 0.05) is 44.2 Å². The topological polar surface area (TPSA) is 60.9 Å². The van der Waals surface area contributed by atoms with E-state index in [-0.39, 0.29) is 5.91 Å². The van der Waals surface area contributed by atoms with Gasteiger partial charge in [0.25, 0.3) is 10.2 Å². The molecule has 2 heterocycles. The zero-order valence-electron chi connectivity index (χ0n) is 13.6. The average Bonchev–Trinajstić information content (AvgIpc) is 3.16. The van der Waals surface area contributed by atoms with Crippen LogP contribution in [0, 0.1) is 0 Å². The van der Waals surface area contributed by atoms with E-state index in [9.17, 15) is 13.2 Å². The van der Waals surface area contributed by atoms with Crippen LogP contribution in [0.4, 0.5) is 0 Å². The second-order valence-electron chi connectivity index (χ2n) is 6.00. The van der Waals surface area contributed by atoms with E-state index in [0.717, 1.165) is 17.7 Å². The number of thioether (sulfide) groups is 1. The molecule has 0 saturated carbocycles. The summed E-state index contributed by atoms with van der Waals surface area (Å²) in [6.07, 6.45) is 1.88. The van der Waals surface area contributed by atoms with Gasteiger partial charge in [0.15, 0.2) is 0 Å². The molecule has 6 nitrogen and oxygen atoms in total. The highest BCUT2D eigenvalue weighted by Crippen LogP contribution is 2.20. The Morgan fingerprint density at radius 2 is 1.50 bits per heavy atom. The maximum atomic E-state index is 12.5. The third kappa shape index (κ3) is 4.11. The van der Waals surface area contributed by atoms with Crippen molar-refractivity contribution in [2.75, 3.05) is 45.0 Å². The van der Waals surface area contributed by atoms with E-state index >= 15 is 0 Å². The van der Waals surface area contributed by atoms with Crippen molar-refractivity contribution in [2.45, 2.75) is 17.7 Å². The molecule has 0 unspecified atom stereocenters. The molecule has 0 atom stereocenters. The van der Waals surface area contributed by atoms with Crippen molar-refractivity contribution in [1.29, 1.82) is 0 Å². The minimum absolute atomic E-state index is 0.0714. The molecule has 1 aromatic rings. The summed E-state index contributed by atoms with van der Waals surface area (Å²) in [4.78, 5) is 15.2. The number of nitrogens with zero attached hydrogens (tertiary/aromatic N) is 3. The molecule has 8 heteroatoms. The van der Waals surface area contributed by atoms with Crippen LogP contribution in [-0.2, 0) is 15.0 Å². The zero-order chi connectivity index (χ0) is 17.0. The van der Waals surface area contributed by atoms with Crippen LogP contribution >= 0.6 is 11.8 Å². The molecule has 2 saturated heterocycles. The quantitative estimate of drug-likeness (QED) is 0.733. The van der Waals surface area contributed by atoms with Gasteiger partial charge in [-0.15, -0.1) is 11.8 Å². The number of hydrogen-bond donors (Lipinski definition) is 0. The Balaban J connectivity index is 1.48. The zero-order valence-corrected chi connectivity index (χ0v) is 15.3. The number of rotatable bonds is 5. The summed E-state index contributed by atoms with van der Waals surface area (Å²) in [5.41, 5.74) is 0. The summed E-state index contributed by atoms with van der Waals surface area (Å²) in [7, 11) is -3.34. The van der Waals surface area contributed by atoms with E-state index in [1.807, 2.05) is 30.3 Å². The fourth-order valence-corrected chi connectivity index (χ4v) is 5.50. The van der Waals surface area contributed by atoms with Gasteiger partial charge in [-0.25, -0.2) is 0 Å². The lowest BCUT2D eigenvalue weighted by atomic mass is 10.3. The molecule has 2 fully saturated rings. The summed E-state index contributed by atoms with van der Waals surface area (Å²) < 4.78 is 28.1. The number of hydrogen-bond acceptors (Lipinski definition) is 4. The molecule has 24 heavy (non-hydrogen) atoms. The van der Waals surface area contributed by atoms with Crippen LogP contribution in [0.2, 0.25) is 0 Å². The lowest BCUT2D eigenvalue weighted by Crippen LogP contribution is -2.54. The van der Waals surface area contributed by atoms with Gasteiger partial charge in [-0.05, 0) is 25.0 Å². The Hall–Kier alpha value is -1.09. The molecule has 0 bridgehead atoms. The molecule has 0 aromatic heterocycles. The molecule has 1 amide bonds. The van der Waals surface area contributed by atoms with Crippen molar-refractivity contribution in [3.05, 3.63) is 30.3 Å². The first kappa shape index (κ1) is 17.7. The van der Waals surface area contributed by atoms with Gasteiger partial charge in [0.2, 0.25) is 5.91 Å². The van der Waals surface area contributed by atoms with Gasteiger partial charge in [0.05, 0.1) is 5.75 Å². The molecule has 1 aromatic carbocycles. The van der Waals surface area contributed by atoms with Crippen molar-refractivity contribution in [2.24, 2.45) is 0 Å². The van der Waals surface area contributed by atoms with E-state index in [1.54, 1.807) is 9.21 Å². The van der Waals surface area contributed by atoms with Gasteiger partial charge in [-0.3, -0.25) is 4.79 Å². The largest absolute Gasteiger partial charge is 0.339 e. The van der Waals surface area contributed by atoms with Crippen LogP contribution < -0.4 is 0 Å². The molecule has 0 spiro atoms. The molecule has 3 rings (SSSR count). The van der Waals surface area contributed by atoms with Crippen LogP contribution in [0.15, 0.2) is 35.2 Å². The number of carbonyl (C=O) groups is 1. The molecular weight excluding hydrogens is 346 g/mol. The van der Waals surface area contributed by atoms with Crippen molar-refractivity contribution in [3.63, 3.8) is 0 Å². The minimum Gasteiger partial charge on any atom is -0.339 e. The maximum Gasteiger partial charge on any atom is 0.282 e. The number of piperazine rings is 1. The van der Waals surface area contributed by atoms with Crippen LogP contribution in [-0.4, -0.2) is 72.9 Å². The fraction of sp³-hybridized carbons (Fsp3) is 0.562. The van der Waals surface area contributed by atoms with Gasteiger partial charge in [-0.2, -0.15) is 17.0 Å². The smallest absolute Gasteiger partial charge is 0.282 e. The summed E-state index contributed by atoms with van der Waals surface area (Å²) in [5, 5.41) is 0. The first-order valence-corrected chi connectivity index (χ1v) is 10.7. The Bertz CT molecular complexity index is 652. The van der Waals surface area contributed by atoms with Gasteiger partial charge in [0.1, 0.15) is 0 Å². The molecule has 0 N–H and O–H groups in total. The Kier molecular flexibility index (Phi) is 5.80. The van der Waals surface area contributed by atoms with Crippen molar-refractivity contribution >= 4 is 27.9 Å². The van der Waals surface area contributed by atoms with E-state index in [4.69, 9.17) is 0 Å². The van der Waals surface area contributed by atoms with E-state index < -0.39 is 10.2 Å². The second kappa shape index (κ2) is 7.86. The molecular formula is C16H23N3O3S2. The highest BCUT2D eigenvalue weighted by molar-refractivity contribution is 8.00. The van der Waals surface area contributed by atoms with Gasteiger partial charge in [-0.1, -0.05) is 18.2 Å². The predicted octanol–water partition coefficient (Wildman–Crippen LogP) is 1.26. The normalized spacial score (nSPS) is 20.4. The lowest BCUT2D eigenvalue weighted by molar-refractivity contribution is -0.129. The summed E-state index contributed by atoms with van der Waals surface area (Å²) in [6.45, 7) is 2.97. The molecule has 0 radical (unpaired) electrons. The standard InChI is InChI=1S/C16H23N3O3S2/c20-16(14-23-15-6-2-1-3-7-15)17-10-12-19(13-11-17)24(21,22)18-8-4-5-9-18/h1-3,6-7H,4-5,8-14H2. The Labute approximate surface area is 148 Å². The maximum absolute atomic E-state index is 12.5. The summed E-state index contributed by atoms with van der Waals surface area (Å²) >= 11 is 1.52. The molecule has 2 aliphatic rings. The molecule has 0 aliphatic carbocycles. The third-order valence-electron chi connectivity index (χ3n) is 4.41. The first-order chi connectivity index (χ1) is 11.6. The third-order valence-corrected chi connectivity index (χ3v) is 7.45. The first-order valence-electron chi connectivity index (χ1n) is 8.28. The second-order valence-corrected chi connectivity index (χ2v) is 8.97. The predicted molar refractivity (Wildman–Crippen MR) is 95.0 cm³/mol. The van der Waals surface area contributed by atoms with E-state index in [0.29, 0.717) is 45.0 Å². The minimum atomic E-state index is -3.34. The van der Waals surface area contributed by atoms with Crippen molar-refractivity contribution in [3.8, 4) is 0 Å². The number of amides is 1. The van der Waals surface area contributed by atoms with Gasteiger partial charge >= 0.3 is 0 Å². The van der Waals surface area contributed by atoms with Crippen LogP contribution in [0.25, 0.3) is 0 Å². The molecule has 2 aliphatic heterocycles. The lowest BCUT2D eigenvalue weighted by Gasteiger charge is -2.35. The van der Waals surface area contributed by atoms with Crippen LogP contribution in [0.1, 0.15) is 12.8 Å². The summed E-state index contributed by atoms with van der Waals surface area (Å²) in [6, 6.07) is 9.83. The SMILES string of the molecule is O=C(CSc1ccccc1)N1CCN(S(=O)(=O)N2CCCC2)CC1. The fourth-order valence-electron chi connectivity index (χ4n) is 3.00. The number of benzene rings is 1. The highest BCUT2D eigenvalue weighted by Gasteiger charge is 2.34. The van der Waals surface area contributed by atoms with E-state index in [1.165, 1.54) is 16.1 Å². The highest BCUT2D eigenvalue weighted by atomic mass is 32.2. The summed E-state index contributed by atoms with van der Waals surface area (Å²) in [5.74, 6) is 0.463. The number of carbonyl (C=O) groups excluding carboxylic acids is 1. The van der Waals surface area contributed by atoms with Crippen molar-refractivity contribution in [1.82, 2.24) is 13.5 Å². The van der Waals surface area contributed by atoms with Crippen molar-refractivity contribution < 1.29 is 13.2 Å². The average molecular weight is 370 g/mol. The van der Waals surface area contributed by atoms with Crippen LogP contribution in [0.5, 0.6) is 0 Å². The van der Waals surface area contributed by atoms with Gasteiger partial charge < -0.3 is 4.90 Å². The van der Waals surface area contributed by atoms with Crippen LogP contribution in [0.3, 0.4) is 0 Å². The Morgan fingerprint density at radius 3 is 2.12 bits per heavy atom. The molecule has 132 valence electrons. The monoisotopic (exact) mass is 369 g/mol. The van der Waals surface area contributed by atoms with E-state index in [2.05, 4.69) is 0 Å². The Morgan fingerprint density at radius 1 is 0.917 bits per heavy atom.